The summed E-state index contributed by atoms with van der Waals surface area (Å²) in [6.45, 7) is 8.63. The molecule has 0 radical (unpaired) electrons. The van der Waals surface area contributed by atoms with Gasteiger partial charge in [0.05, 0.1) is 0 Å². The van der Waals surface area contributed by atoms with Crippen molar-refractivity contribution in [1.82, 2.24) is 5.32 Å². The quantitative estimate of drug-likeness (QED) is 0.679. The zero-order valence-corrected chi connectivity index (χ0v) is 16.1. The van der Waals surface area contributed by atoms with E-state index in [1.165, 1.54) is 24.0 Å². The molecule has 2 N–H and O–H groups in total. The van der Waals surface area contributed by atoms with E-state index >= 15 is 0 Å². The SMILES string of the molecule is CC1=C(/C=C/c2cccc(C(=O)C(C)CNC(=O)O)c2)C(C)(C)CCC1. The highest BCUT2D eigenvalue weighted by atomic mass is 16.4. The van der Waals surface area contributed by atoms with Gasteiger partial charge in [0.25, 0.3) is 0 Å². The van der Waals surface area contributed by atoms with Crippen molar-refractivity contribution in [1.29, 1.82) is 0 Å². The monoisotopic (exact) mass is 355 g/mol. The van der Waals surface area contributed by atoms with Gasteiger partial charge < -0.3 is 10.4 Å². The second-order valence-electron chi connectivity index (χ2n) is 7.84. The van der Waals surface area contributed by atoms with E-state index in [0.29, 0.717) is 5.56 Å². The van der Waals surface area contributed by atoms with Crippen LogP contribution in [0.15, 0.2) is 41.5 Å². The van der Waals surface area contributed by atoms with Crippen molar-refractivity contribution in [2.75, 3.05) is 6.54 Å². The molecule has 0 bridgehead atoms. The molecule has 1 aliphatic rings. The summed E-state index contributed by atoms with van der Waals surface area (Å²) in [6, 6.07) is 7.52. The van der Waals surface area contributed by atoms with E-state index in [1.54, 1.807) is 13.0 Å². The molecule has 1 atom stereocenters. The van der Waals surface area contributed by atoms with Gasteiger partial charge in [-0.1, -0.05) is 56.7 Å². The highest BCUT2D eigenvalue weighted by Crippen LogP contribution is 2.40. The van der Waals surface area contributed by atoms with E-state index in [0.717, 1.165) is 12.0 Å². The molecule has 1 unspecified atom stereocenters. The lowest BCUT2D eigenvalue weighted by Crippen LogP contribution is -2.30. The van der Waals surface area contributed by atoms with Crippen LogP contribution in [0.4, 0.5) is 4.79 Å². The summed E-state index contributed by atoms with van der Waals surface area (Å²) in [5, 5.41) is 10.9. The van der Waals surface area contributed by atoms with Crippen molar-refractivity contribution < 1.29 is 14.7 Å². The topological polar surface area (TPSA) is 66.4 Å². The van der Waals surface area contributed by atoms with Gasteiger partial charge >= 0.3 is 6.09 Å². The van der Waals surface area contributed by atoms with Crippen molar-refractivity contribution >= 4 is 18.0 Å². The molecule has 4 heteroatoms. The van der Waals surface area contributed by atoms with E-state index in [4.69, 9.17) is 5.11 Å². The molecular weight excluding hydrogens is 326 g/mol. The third-order valence-electron chi connectivity index (χ3n) is 5.16. The molecule has 1 amide bonds. The zero-order chi connectivity index (χ0) is 19.3. The Morgan fingerprint density at radius 3 is 2.69 bits per heavy atom. The molecule has 0 aliphatic heterocycles. The Labute approximate surface area is 156 Å². The molecule has 1 aliphatic carbocycles. The summed E-state index contributed by atoms with van der Waals surface area (Å²) < 4.78 is 0. The number of carboxylic acid groups (broad SMARTS) is 1. The largest absolute Gasteiger partial charge is 0.465 e. The second kappa shape index (κ2) is 8.35. The number of carbonyl (C=O) groups is 2. The van der Waals surface area contributed by atoms with Crippen LogP contribution in [0.1, 0.15) is 62.9 Å². The Hall–Kier alpha value is -2.36. The molecule has 2 rings (SSSR count). The van der Waals surface area contributed by atoms with Gasteiger partial charge in [-0.3, -0.25) is 4.79 Å². The molecule has 1 aromatic carbocycles. The van der Waals surface area contributed by atoms with Crippen LogP contribution in [-0.2, 0) is 0 Å². The number of amides is 1. The Kier molecular flexibility index (Phi) is 6.41. The van der Waals surface area contributed by atoms with Crippen molar-refractivity contribution in [3.05, 3.63) is 52.6 Å². The van der Waals surface area contributed by atoms with Gasteiger partial charge in [-0.05, 0) is 48.8 Å². The second-order valence-corrected chi connectivity index (χ2v) is 7.84. The molecule has 4 nitrogen and oxygen atoms in total. The molecule has 0 saturated heterocycles. The Bertz CT molecular complexity index is 744. The zero-order valence-electron chi connectivity index (χ0n) is 16.1. The van der Waals surface area contributed by atoms with Gasteiger partial charge in [-0.25, -0.2) is 4.79 Å². The van der Waals surface area contributed by atoms with E-state index in [1.807, 2.05) is 18.2 Å². The Morgan fingerprint density at radius 2 is 2.04 bits per heavy atom. The van der Waals surface area contributed by atoms with Crippen LogP contribution in [0.2, 0.25) is 0 Å². The molecule has 0 aromatic heterocycles. The van der Waals surface area contributed by atoms with Crippen LogP contribution >= 0.6 is 0 Å². The van der Waals surface area contributed by atoms with Crippen molar-refractivity contribution in [2.24, 2.45) is 11.3 Å². The lowest BCUT2D eigenvalue weighted by molar-refractivity contribution is 0.0929. The average molecular weight is 355 g/mol. The lowest BCUT2D eigenvalue weighted by atomic mass is 9.72. The molecule has 0 spiro atoms. The fraction of sp³-hybridized carbons (Fsp3) is 0.455. The third kappa shape index (κ3) is 5.07. The van der Waals surface area contributed by atoms with Crippen LogP contribution in [-0.4, -0.2) is 23.5 Å². The smallest absolute Gasteiger partial charge is 0.404 e. The van der Waals surface area contributed by atoms with Gasteiger partial charge in [0.1, 0.15) is 0 Å². The van der Waals surface area contributed by atoms with E-state index in [2.05, 4.69) is 38.2 Å². The first-order valence-electron chi connectivity index (χ1n) is 9.20. The maximum Gasteiger partial charge on any atom is 0.404 e. The van der Waals surface area contributed by atoms with Gasteiger partial charge in [0.15, 0.2) is 5.78 Å². The summed E-state index contributed by atoms with van der Waals surface area (Å²) >= 11 is 0. The molecule has 1 aromatic rings. The normalized spacial score (nSPS) is 18.0. The number of rotatable bonds is 6. The summed E-state index contributed by atoms with van der Waals surface area (Å²) in [5.41, 5.74) is 4.61. The number of hydrogen-bond acceptors (Lipinski definition) is 2. The van der Waals surface area contributed by atoms with Gasteiger partial charge in [-0.15, -0.1) is 0 Å². The number of hydrogen-bond donors (Lipinski definition) is 2. The molecule has 0 fully saturated rings. The minimum Gasteiger partial charge on any atom is -0.465 e. The van der Waals surface area contributed by atoms with Crippen molar-refractivity contribution in [3.8, 4) is 0 Å². The summed E-state index contributed by atoms with van der Waals surface area (Å²) in [7, 11) is 0. The Balaban J connectivity index is 2.16. The maximum atomic E-state index is 12.5. The lowest BCUT2D eigenvalue weighted by Gasteiger charge is -2.32. The molecule has 26 heavy (non-hydrogen) atoms. The van der Waals surface area contributed by atoms with Crippen LogP contribution in [0.3, 0.4) is 0 Å². The number of nitrogens with one attached hydrogen (secondary N) is 1. The van der Waals surface area contributed by atoms with Gasteiger partial charge in [0.2, 0.25) is 0 Å². The maximum absolute atomic E-state index is 12.5. The van der Waals surface area contributed by atoms with Crippen molar-refractivity contribution in [2.45, 2.75) is 47.0 Å². The van der Waals surface area contributed by atoms with Crippen LogP contribution < -0.4 is 5.32 Å². The highest BCUT2D eigenvalue weighted by molar-refractivity contribution is 5.98. The first-order chi connectivity index (χ1) is 12.2. The van der Waals surface area contributed by atoms with E-state index < -0.39 is 12.0 Å². The van der Waals surface area contributed by atoms with E-state index in [-0.39, 0.29) is 17.7 Å². The molecular formula is C22H29NO3. The minimum atomic E-state index is -1.11. The number of allylic oxidation sites excluding steroid dienone is 3. The third-order valence-corrected chi connectivity index (χ3v) is 5.16. The van der Waals surface area contributed by atoms with Crippen molar-refractivity contribution in [3.63, 3.8) is 0 Å². The first-order valence-corrected chi connectivity index (χ1v) is 9.20. The van der Waals surface area contributed by atoms with Gasteiger partial charge in [-0.2, -0.15) is 0 Å². The van der Waals surface area contributed by atoms with Gasteiger partial charge in [0, 0.05) is 18.0 Å². The summed E-state index contributed by atoms with van der Waals surface area (Å²) in [6.07, 6.45) is 6.73. The first kappa shape index (κ1) is 20.0. The predicted octanol–water partition coefficient (Wildman–Crippen LogP) is 5.31. The van der Waals surface area contributed by atoms with Crippen LogP contribution in [0, 0.1) is 11.3 Å². The highest BCUT2D eigenvalue weighted by Gasteiger charge is 2.26. The summed E-state index contributed by atoms with van der Waals surface area (Å²) in [4.78, 5) is 23.1. The minimum absolute atomic E-state index is 0.0533. The summed E-state index contributed by atoms with van der Waals surface area (Å²) in [5.74, 6) is -0.449. The molecule has 0 heterocycles. The van der Waals surface area contributed by atoms with Crippen LogP contribution in [0.25, 0.3) is 6.08 Å². The predicted molar refractivity (Wildman–Crippen MR) is 105 cm³/mol. The molecule has 0 saturated carbocycles. The number of carbonyl (C=O) groups excluding carboxylic acids is 1. The molecule has 140 valence electrons. The Morgan fingerprint density at radius 1 is 1.31 bits per heavy atom. The van der Waals surface area contributed by atoms with Crippen LogP contribution in [0.5, 0.6) is 0 Å². The van der Waals surface area contributed by atoms with E-state index in [9.17, 15) is 9.59 Å². The number of Topliss-reactive ketones (excluding diaryl/α,β-unsaturated/α-hetero) is 1. The fourth-order valence-corrected chi connectivity index (χ4v) is 3.60. The number of benzene rings is 1. The number of ketones is 1. The fourth-order valence-electron chi connectivity index (χ4n) is 3.60. The standard InChI is InChI=1S/C22H29NO3/c1-15-7-6-12-22(3,4)19(15)11-10-17-8-5-9-18(13-17)20(24)16(2)14-23-21(25)26/h5,8-11,13,16,23H,6-7,12,14H2,1-4H3,(H,25,26)/b11-10+. The average Bonchev–Trinajstić information content (AvgIpc) is 2.58.